The first-order chi connectivity index (χ1) is 10.1. The molecule has 0 heterocycles. The van der Waals surface area contributed by atoms with Gasteiger partial charge >= 0.3 is 0 Å². The molecule has 0 saturated carbocycles. The van der Waals surface area contributed by atoms with Crippen LogP contribution in [0.5, 0.6) is 0 Å². The first kappa shape index (κ1) is 15.8. The van der Waals surface area contributed by atoms with Gasteiger partial charge in [0.15, 0.2) is 0 Å². The van der Waals surface area contributed by atoms with Crippen molar-refractivity contribution in [3.63, 3.8) is 0 Å². The largest absolute Gasteiger partial charge is 0.394 e. The number of hydrogen-bond donors (Lipinski definition) is 2. The molecule has 0 aliphatic rings. The van der Waals surface area contributed by atoms with Crippen LogP contribution in [0.1, 0.15) is 15.9 Å². The van der Waals surface area contributed by atoms with E-state index in [4.69, 9.17) is 23.2 Å². The van der Waals surface area contributed by atoms with Crippen LogP contribution in [0.15, 0.2) is 48.5 Å². The highest BCUT2D eigenvalue weighted by Gasteiger charge is 2.14. The van der Waals surface area contributed by atoms with Crippen LogP contribution in [0.4, 0.5) is 0 Å². The first-order valence-corrected chi connectivity index (χ1v) is 7.26. The maximum atomic E-state index is 12.1. The van der Waals surface area contributed by atoms with Crippen molar-refractivity contribution < 1.29 is 9.90 Å². The van der Waals surface area contributed by atoms with Crippen LogP contribution >= 0.6 is 23.2 Å². The highest BCUT2D eigenvalue weighted by molar-refractivity contribution is 6.42. The summed E-state index contributed by atoms with van der Waals surface area (Å²) in [6, 6.07) is 14.0. The average molecular weight is 324 g/mol. The lowest BCUT2D eigenvalue weighted by Crippen LogP contribution is -2.39. The molecule has 0 aliphatic carbocycles. The molecule has 0 aliphatic heterocycles. The Balaban J connectivity index is 2.04. The Labute approximate surface area is 133 Å². The summed E-state index contributed by atoms with van der Waals surface area (Å²) in [7, 11) is 0. The van der Waals surface area contributed by atoms with Gasteiger partial charge in [-0.3, -0.25) is 4.79 Å². The molecular weight excluding hydrogens is 309 g/mol. The molecule has 2 aromatic carbocycles. The van der Waals surface area contributed by atoms with Gasteiger partial charge in [-0.05, 0) is 30.2 Å². The van der Waals surface area contributed by atoms with Crippen molar-refractivity contribution in [1.82, 2.24) is 5.32 Å². The molecule has 110 valence electrons. The van der Waals surface area contributed by atoms with Crippen LogP contribution in [-0.2, 0) is 6.42 Å². The predicted molar refractivity (Wildman–Crippen MR) is 84.9 cm³/mol. The van der Waals surface area contributed by atoms with Crippen LogP contribution < -0.4 is 5.32 Å². The van der Waals surface area contributed by atoms with Crippen molar-refractivity contribution in [1.29, 1.82) is 0 Å². The second-order valence-electron chi connectivity index (χ2n) is 4.67. The van der Waals surface area contributed by atoms with Crippen LogP contribution in [0, 0.1) is 0 Å². The topological polar surface area (TPSA) is 49.3 Å². The summed E-state index contributed by atoms with van der Waals surface area (Å²) in [5.74, 6) is -0.288. The number of benzene rings is 2. The van der Waals surface area contributed by atoms with Crippen LogP contribution in [0.2, 0.25) is 10.0 Å². The number of rotatable bonds is 5. The quantitative estimate of drug-likeness (QED) is 0.886. The van der Waals surface area contributed by atoms with Crippen molar-refractivity contribution in [3.8, 4) is 0 Å². The number of hydrogen-bond acceptors (Lipinski definition) is 2. The fraction of sp³-hybridized carbons (Fsp3) is 0.188. The predicted octanol–water partition coefficient (Wildman–Crippen LogP) is 3.33. The third-order valence-electron chi connectivity index (χ3n) is 3.06. The molecule has 0 spiro atoms. The standard InChI is InChI=1S/C16H15Cl2NO2/c17-14-7-6-12(9-15(14)18)16(21)19-13(10-20)8-11-4-2-1-3-5-11/h1-7,9,13,20H,8,10H2,(H,19,21)/t13-/m1/s1. The summed E-state index contributed by atoms with van der Waals surface area (Å²) in [6.07, 6.45) is 0.560. The third-order valence-corrected chi connectivity index (χ3v) is 3.80. The molecule has 0 radical (unpaired) electrons. The van der Waals surface area contributed by atoms with Crippen molar-refractivity contribution in [2.45, 2.75) is 12.5 Å². The Hall–Kier alpha value is -1.55. The second kappa shape index (κ2) is 7.46. The van der Waals surface area contributed by atoms with Crippen LogP contribution in [0.3, 0.4) is 0 Å². The molecule has 2 rings (SSSR count). The third kappa shape index (κ3) is 4.46. The summed E-state index contributed by atoms with van der Waals surface area (Å²) in [4.78, 5) is 12.1. The van der Waals surface area contributed by atoms with E-state index in [9.17, 15) is 9.90 Å². The Kier molecular flexibility index (Phi) is 5.62. The summed E-state index contributed by atoms with van der Waals surface area (Å²) >= 11 is 11.7. The zero-order chi connectivity index (χ0) is 15.2. The number of carbonyl (C=O) groups is 1. The first-order valence-electron chi connectivity index (χ1n) is 6.51. The van der Waals surface area contributed by atoms with Gasteiger partial charge in [0.1, 0.15) is 0 Å². The lowest BCUT2D eigenvalue weighted by Gasteiger charge is -2.16. The number of carbonyl (C=O) groups excluding carboxylic acids is 1. The Morgan fingerprint density at radius 1 is 1.10 bits per heavy atom. The van der Waals surface area contributed by atoms with Crippen molar-refractivity contribution >= 4 is 29.1 Å². The van der Waals surface area contributed by atoms with E-state index in [1.807, 2.05) is 30.3 Å². The van der Waals surface area contributed by atoms with Crippen molar-refractivity contribution in [3.05, 3.63) is 69.7 Å². The van der Waals surface area contributed by atoms with Gasteiger partial charge in [0, 0.05) is 5.56 Å². The number of amides is 1. The number of aliphatic hydroxyl groups excluding tert-OH is 1. The van der Waals surface area contributed by atoms with Gasteiger partial charge in [-0.2, -0.15) is 0 Å². The maximum absolute atomic E-state index is 12.1. The van der Waals surface area contributed by atoms with E-state index in [2.05, 4.69) is 5.32 Å². The zero-order valence-corrected chi connectivity index (χ0v) is 12.7. The lowest BCUT2D eigenvalue weighted by molar-refractivity contribution is 0.0916. The molecule has 0 saturated heterocycles. The van der Waals surface area contributed by atoms with Crippen molar-refractivity contribution in [2.24, 2.45) is 0 Å². The molecule has 3 nitrogen and oxygen atoms in total. The minimum absolute atomic E-state index is 0.137. The summed E-state index contributed by atoms with van der Waals surface area (Å²) in [6.45, 7) is -0.137. The maximum Gasteiger partial charge on any atom is 0.251 e. The minimum atomic E-state index is -0.352. The van der Waals surface area contributed by atoms with E-state index in [0.29, 0.717) is 22.0 Å². The lowest BCUT2D eigenvalue weighted by atomic mass is 10.1. The van der Waals surface area contributed by atoms with Gasteiger partial charge in [0.05, 0.1) is 22.7 Å². The molecule has 0 unspecified atom stereocenters. The molecule has 1 amide bonds. The van der Waals surface area contributed by atoms with Gasteiger partial charge in [-0.25, -0.2) is 0 Å². The molecule has 1 atom stereocenters. The van der Waals surface area contributed by atoms with Gasteiger partial charge in [0.25, 0.3) is 5.91 Å². The van der Waals surface area contributed by atoms with Crippen LogP contribution in [-0.4, -0.2) is 23.7 Å². The molecular formula is C16H15Cl2NO2. The van der Waals surface area contributed by atoms with Gasteiger partial charge in [-0.1, -0.05) is 53.5 Å². The molecule has 0 bridgehead atoms. The summed E-state index contributed by atoms with van der Waals surface area (Å²) in [5.41, 5.74) is 1.46. The van der Waals surface area contributed by atoms with Crippen molar-refractivity contribution in [2.75, 3.05) is 6.61 Å². The van der Waals surface area contributed by atoms with E-state index >= 15 is 0 Å². The van der Waals surface area contributed by atoms with E-state index in [1.54, 1.807) is 12.1 Å². The summed E-state index contributed by atoms with van der Waals surface area (Å²) < 4.78 is 0. The number of nitrogens with one attached hydrogen (secondary N) is 1. The highest BCUT2D eigenvalue weighted by atomic mass is 35.5. The van der Waals surface area contributed by atoms with E-state index in [0.717, 1.165) is 5.56 Å². The van der Waals surface area contributed by atoms with E-state index in [1.165, 1.54) is 6.07 Å². The summed E-state index contributed by atoms with van der Waals surface area (Å²) in [5, 5.41) is 12.9. The average Bonchev–Trinajstić information content (AvgIpc) is 2.50. The van der Waals surface area contributed by atoms with Gasteiger partial charge in [-0.15, -0.1) is 0 Å². The normalized spacial score (nSPS) is 12.0. The molecule has 2 aromatic rings. The zero-order valence-electron chi connectivity index (χ0n) is 11.2. The smallest absolute Gasteiger partial charge is 0.251 e. The molecule has 0 fully saturated rings. The fourth-order valence-electron chi connectivity index (χ4n) is 1.97. The molecule has 21 heavy (non-hydrogen) atoms. The molecule has 5 heteroatoms. The fourth-order valence-corrected chi connectivity index (χ4v) is 2.26. The number of halogens is 2. The Morgan fingerprint density at radius 3 is 2.43 bits per heavy atom. The van der Waals surface area contributed by atoms with E-state index in [-0.39, 0.29) is 18.6 Å². The number of aliphatic hydroxyl groups is 1. The monoisotopic (exact) mass is 323 g/mol. The molecule has 2 N–H and O–H groups in total. The molecule has 0 aromatic heterocycles. The van der Waals surface area contributed by atoms with Crippen LogP contribution in [0.25, 0.3) is 0 Å². The Morgan fingerprint density at radius 2 is 1.81 bits per heavy atom. The highest BCUT2D eigenvalue weighted by Crippen LogP contribution is 2.22. The second-order valence-corrected chi connectivity index (χ2v) is 5.49. The SMILES string of the molecule is O=C(N[C@@H](CO)Cc1ccccc1)c1ccc(Cl)c(Cl)c1. The Bertz CT molecular complexity index is 617. The van der Waals surface area contributed by atoms with E-state index < -0.39 is 0 Å². The van der Waals surface area contributed by atoms with Gasteiger partial charge in [0.2, 0.25) is 0 Å². The minimum Gasteiger partial charge on any atom is -0.394 e. The van der Waals surface area contributed by atoms with Gasteiger partial charge < -0.3 is 10.4 Å².